The van der Waals surface area contributed by atoms with Gasteiger partial charge in [0.1, 0.15) is 5.69 Å². The van der Waals surface area contributed by atoms with Gasteiger partial charge in [-0.15, -0.1) is 0 Å². The van der Waals surface area contributed by atoms with Crippen LogP contribution < -0.4 is 5.32 Å². The minimum Gasteiger partial charge on any atom is -0.468 e. The zero-order chi connectivity index (χ0) is 16.2. The predicted octanol–water partition coefficient (Wildman–Crippen LogP) is 1.88. The van der Waals surface area contributed by atoms with Crippen LogP contribution in [0.1, 0.15) is 11.6 Å². The van der Waals surface area contributed by atoms with Crippen LogP contribution in [0.25, 0.3) is 11.0 Å². The number of aromatic nitrogens is 4. The number of anilines is 2. The first-order valence-corrected chi connectivity index (χ1v) is 6.73. The van der Waals surface area contributed by atoms with E-state index in [0.29, 0.717) is 22.5 Å². The van der Waals surface area contributed by atoms with Crippen LogP contribution in [-0.4, -0.2) is 33.2 Å². The van der Waals surface area contributed by atoms with Crippen LogP contribution in [0.5, 0.6) is 0 Å². The molecule has 0 aliphatic heterocycles. The standard InChI is InChI=1S/C15H12N6O2/c1-23-15(22)10(6-16)13-14(19-9-7-17-18-8-9)21-12-5-3-2-4-11(12)20-13/h2-5,7-8,10H,1H3,(H,17,18)(H,19,21)/t10-/m1/s1. The number of nitrogens with one attached hydrogen (secondary N) is 2. The Hall–Kier alpha value is -3.47. The van der Waals surface area contributed by atoms with Crippen LogP contribution >= 0.6 is 0 Å². The Morgan fingerprint density at radius 3 is 2.70 bits per heavy atom. The summed E-state index contributed by atoms with van der Waals surface area (Å²) >= 11 is 0. The lowest BCUT2D eigenvalue weighted by atomic mass is 10.1. The number of carbonyl (C=O) groups is 1. The molecule has 0 aliphatic rings. The van der Waals surface area contributed by atoms with Gasteiger partial charge in [-0.1, -0.05) is 12.1 Å². The summed E-state index contributed by atoms with van der Waals surface area (Å²) in [5, 5.41) is 18.9. The molecule has 8 heteroatoms. The van der Waals surface area contributed by atoms with Crippen molar-refractivity contribution in [1.29, 1.82) is 5.26 Å². The number of H-pyrrole nitrogens is 1. The first kappa shape index (κ1) is 14.5. The largest absolute Gasteiger partial charge is 0.468 e. The van der Waals surface area contributed by atoms with E-state index in [2.05, 4.69) is 30.2 Å². The monoisotopic (exact) mass is 308 g/mol. The normalized spacial score (nSPS) is 11.7. The molecular formula is C15H12N6O2. The van der Waals surface area contributed by atoms with Gasteiger partial charge in [0.05, 0.1) is 36.1 Å². The minimum absolute atomic E-state index is 0.208. The highest BCUT2D eigenvalue weighted by molar-refractivity contribution is 5.85. The molecule has 0 saturated heterocycles. The van der Waals surface area contributed by atoms with Crippen molar-refractivity contribution in [2.45, 2.75) is 5.92 Å². The van der Waals surface area contributed by atoms with Gasteiger partial charge in [-0.3, -0.25) is 9.89 Å². The number of fused-ring (bicyclic) bond motifs is 1. The summed E-state index contributed by atoms with van der Waals surface area (Å²) in [5.74, 6) is -1.55. The number of methoxy groups -OCH3 is 1. The van der Waals surface area contributed by atoms with Gasteiger partial charge >= 0.3 is 5.97 Å². The van der Waals surface area contributed by atoms with E-state index in [1.807, 2.05) is 18.2 Å². The maximum Gasteiger partial charge on any atom is 0.329 e. The van der Waals surface area contributed by atoms with Crippen molar-refractivity contribution in [2.75, 3.05) is 12.4 Å². The molecule has 1 atom stereocenters. The Kier molecular flexibility index (Phi) is 3.84. The van der Waals surface area contributed by atoms with E-state index >= 15 is 0 Å². The average molecular weight is 308 g/mol. The smallest absolute Gasteiger partial charge is 0.329 e. The molecule has 0 fully saturated rings. The number of ether oxygens (including phenoxy) is 1. The number of hydrogen-bond acceptors (Lipinski definition) is 7. The number of carbonyl (C=O) groups excluding carboxylic acids is 1. The number of benzene rings is 1. The maximum absolute atomic E-state index is 11.9. The van der Waals surface area contributed by atoms with Gasteiger partial charge in [-0.25, -0.2) is 9.97 Å². The fraction of sp³-hybridized carbons (Fsp3) is 0.133. The molecule has 0 bridgehead atoms. The third-order valence-corrected chi connectivity index (χ3v) is 3.20. The maximum atomic E-state index is 11.9. The van der Waals surface area contributed by atoms with Crippen LogP contribution in [0.15, 0.2) is 36.7 Å². The van der Waals surface area contributed by atoms with Crippen molar-refractivity contribution in [2.24, 2.45) is 0 Å². The van der Waals surface area contributed by atoms with Crippen LogP contribution in [0.2, 0.25) is 0 Å². The number of aromatic amines is 1. The van der Waals surface area contributed by atoms with Crippen LogP contribution in [0, 0.1) is 11.3 Å². The molecule has 0 aliphatic carbocycles. The molecule has 2 heterocycles. The van der Waals surface area contributed by atoms with Gasteiger partial charge in [-0.2, -0.15) is 10.4 Å². The summed E-state index contributed by atoms with van der Waals surface area (Å²) < 4.78 is 4.68. The highest BCUT2D eigenvalue weighted by Crippen LogP contribution is 2.27. The molecule has 0 unspecified atom stereocenters. The second-order valence-electron chi connectivity index (χ2n) is 4.64. The molecule has 0 amide bonds. The van der Waals surface area contributed by atoms with E-state index in [1.165, 1.54) is 7.11 Å². The molecule has 1 aromatic carbocycles. The van der Waals surface area contributed by atoms with Crippen molar-refractivity contribution in [3.8, 4) is 6.07 Å². The summed E-state index contributed by atoms with van der Waals surface area (Å²) in [7, 11) is 1.23. The first-order chi connectivity index (χ1) is 11.2. The lowest BCUT2D eigenvalue weighted by Gasteiger charge is -2.13. The van der Waals surface area contributed by atoms with E-state index in [9.17, 15) is 10.1 Å². The van der Waals surface area contributed by atoms with E-state index in [4.69, 9.17) is 0 Å². The SMILES string of the molecule is COC(=O)[C@H](C#N)c1nc2ccccc2nc1Nc1cn[nH]c1. The van der Waals surface area contributed by atoms with Crippen molar-refractivity contribution < 1.29 is 9.53 Å². The lowest BCUT2D eigenvalue weighted by molar-refractivity contribution is -0.141. The van der Waals surface area contributed by atoms with Crippen LogP contribution in [0.3, 0.4) is 0 Å². The van der Waals surface area contributed by atoms with Crippen molar-refractivity contribution in [1.82, 2.24) is 20.2 Å². The molecule has 23 heavy (non-hydrogen) atoms. The molecule has 0 spiro atoms. The summed E-state index contributed by atoms with van der Waals surface area (Å²) in [6.45, 7) is 0. The summed E-state index contributed by atoms with van der Waals surface area (Å²) in [5.41, 5.74) is 2.07. The van der Waals surface area contributed by atoms with Crippen molar-refractivity contribution in [3.63, 3.8) is 0 Å². The topological polar surface area (TPSA) is 117 Å². The summed E-state index contributed by atoms with van der Waals surface area (Å²) in [6, 6.07) is 9.12. The van der Waals surface area contributed by atoms with Crippen LogP contribution in [0.4, 0.5) is 11.5 Å². The van der Waals surface area contributed by atoms with Gasteiger partial charge in [0.2, 0.25) is 0 Å². The van der Waals surface area contributed by atoms with Gasteiger partial charge in [0.25, 0.3) is 0 Å². The molecule has 3 rings (SSSR count). The number of esters is 1. The second kappa shape index (κ2) is 6.11. The van der Waals surface area contributed by atoms with E-state index in [1.54, 1.807) is 24.5 Å². The molecule has 2 N–H and O–H groups in total. The Morgan fingerprint density at radius 1 is 1.35 bits per heavy atom. The molecular weight excluding hydrogens is 296 g/mol. The molecule has 0 saturated carbocycles. The van der Waals surface area contributed by atoms with Crippen molar-refractivity contribution in [3.05, 3.63) is 42.4 Å². The number of hydrogen-bond donors (Lipinski definition) is 2. The van der Waals surface area contributed by atoms with E-state index < -0.39 is 11.9 Å². The summed E-state index contributed by atoms with van der Waals surface area (Å²) in [6.07, 6.45) is 3.18. The Bertz CT molecular complexity index is 885. The zero-order valence-electron chi connectivity index (χ0n) is 12.1. The van der Waals surface area contributed by atoms with Crippen molar-refractivity contribution >= 4 is 28.5 Å². The van der Waals surface area contributed by atoms with E-state index in [-0.39, 0.29) is 5.69 Å². The Morgan fingerprint density at radius 2 is 2.09 bits per heavy atom. The summed E-state index contributed by atoms with van der Waals surface area (Å²) in [4.78, 5) is 20.8. The zero-order valence-corrected chi connectivity index (χ0v) is 12.1. The first-order valence-electron chi connectivity index (χ1n) is 6.73. The molecule has 0 radical (unpaired) electrons. The Balaban J connectivity index is 2.16. The minimum atomic E-state index is -1.17. The highest BCUT2D eigenvalue weighted by Gasteiger charge is 2.27. The number of nitrogens with zero attached hydrogens (tertiary/aromatic N) is 4. The lowest BCUT2D eigenvalue weighted by Crippen LogP contribution is -2.16. The van der Waals surface area contributed by atoms with Gasteiger partial charge in [0, 0.05) is 6.20 Å². The van der Waals surface area contributed by atoms with Gasteiger partial charge < -0.3 is 10.1 Å². The fourth-order valence-corrected chi connectivity index (χ4v) is 2.11. The van der Waals surface area contributed by atoms with Gasteiger partial charge in [-0.05, 0) is 12.1 Å². The van der Waals surface area contributed by atoms with E-state index in [0.717, 1.165) is 0 Å². The molecule has 114 valence electrons. The average Bonchev–Trinajstić information content (AvgIpc) is 3.08. The predicted molar refractivity (Wildman–Crippen MR) is 81.8 cm³/mol. The molecule has 8 nitrogen and oxygen atoms in total. The quantitative estimate of drug-likeness (QED) is 0.706. The number of rotatable bonds is 4. The molecule has 3 aromatic rings. The number of nitriles is 1. The fourth-order valence-electron chi connectivity index (χ4n) is 2.11. The third kappa shape index (κ3) is 2.80. The highest BCUT2D eigenvalue weighted by atomic mass is 16.5. The Labute approximate surface area is 131 Å². The van der Waals surface area contributed by atoms with Crippen LogP contribution in [-0.2, 0) is 9.53 Å². The molecule has 2 aromatic heterocycles. The van der Waals surface area contributed by atoms with Gasteiger partial charge in [0.15, 0.2) is 11.7 Å². The second-order valence-corrected chi connectivity index (χ2v) is 4.64. The number of para-hydroxylation sites is 2. The third-order valence-electron chi connectivity index (χ3n) is 3.20.